The van der Waals surface area contributed by atoms with Crippen LogP contribution in [0.25, 0.3) is 0 Å². The lowest BCUT2D eigenvalue weighted by Crippen LogP contribution is -2.56. The molecule has 0 aromatic heterocycles. The number of hydrogen-bond donors (Lipinski definition) is 2. The standard InChI is InChI=1S/C22H31N3O4/c1-15-9-11-22(12-10-15,21(28)29-2)24-20(27)16-5-7-18(8-6-16)25-13-3-4-17(14-25)19(23)26/h5-8,15,17H,3-4,9-14H2,1-2H3,(H2,23,26)(H,24,27)/t15?,17-,22?/m0/s1. The van der Waals surface area contributed by atoms with Crippen LogP contribution in [-0.4, -0.2) is 43.5 Å². The van der Waals surface area contributed by atoms with Gasteiger partial charge in [-0.15, -0.1) is 0 Å². The van der Waals surface area contributed by atoms with Crippen molar-refractivity contribution in [3.05, 3.63) is 29.8 Å². The van der Waals surface area contributed by atoms with Crippen molar-refractivity contribution in [2.45, 2.75) is 51.0 Å². The summed E-state index contributed by atoms with van der Waals surface area (Å²) in [4.78, 5) is 38.9. The lowest BCUT2D eigenvalue weighted by atomic mass is 9.77. The van der Waals surface area contributed by atoms with E-state index in [9.17, 15) is 14.4 Å². The van der Waals surface area contributed by atoms with Crippen LogP contribution >= 0.6 is 0 Å². The van der Waals surface area contributed by atoms with Gasteiger partial charge in [-0.2, -0.15) is 0 Å². The van der Waals surface area contributed by atoms with E-state index in [0.29, 0.717) is 30.9 Å². The first-order chi connectivity index (χ1) is 13.8. The van der Waals surface area contributed by atoms with Crippen molar-refractivity contribution < 1.29 is 19.1 Å². The molecule has 2 aliphatic rings. The molecule has 2 fully saturated rings. The molecule has 158 valence electrons. The van der Waals surface area contributed by atoms with Gasteiger partial charge in [0.15, 0.2) is 0 Å². The minimum absolute atomic E-state index is 0.139. The first-order valence-corrected chi connectivity index (χ1v) is 10.4. The smallest absolute Gasteiger partial charge is 0.331 e. The molecule has 0 radical (unpaired) electrons. The summed E-state index contributed by atoms with van der Waals surface area (Å²) in [7, 11) is 1.36. The van der Waals surface area contributed by atoms with Crippen molar-refractivity contribution in [1.82, 2.24) is 5.32 Å². The number of nitrogens with two attached hydrogens (primary N) is 1. The highest BCUT2D eigenvalue weighted by Gasteiger charge is 2.43. The number of carbonyl (C=O) groups excluding carboxylic acids is 3. The number of nitrogens with zero attached hydrogens (tertiary/aromatic N) is 1. The molecule has 0 spiro atoms. The molecule has 1 aromatic carbocycles. The second-order valence-corrected chi connectivity index (χ2v) is 8.44. The Morgan fingerprint density at radius 1 is 1.14 bits per heavy atom. The van der Waals surface area contributed by atoms with E-state index in [4.69, 9.17) is 10.5 Å². The third-order valence-corrected chi connectivity index (χ3v) is 6.38. The van der Waals surface area contributed by atoms with E-state index in [1.165, 1.54) is 7.11 Å². The van der Waals surface area contributed by atoms with Gasteiger partial charge < -0.3 is 20.7 Å². The van der Waals surface area contributed by atoms with E-state index in [0.717, 1.165) is 37.9 Å². The Morgan fingerprint density at radius 3 is 2.38 bits per heavy atom. The predicted molar refractivity (Wildman–Crippen MR) is 110 cm³/mol. The average molecular weight is 402 g/mol. The fourth-order valence-electron chi connectivity index (χ4n) is 4.39. The zero-order valence-corrected chi connectivity index (χ0v) is 17.3. The number of amides is 2. The summed E-state index contributed by atoms with van der Waals surface area (Å²) in [5.74, 6) is -0.510. The minimum Gasteiger partial charge on any atom is -0.467 e. The number of nitrogens with one attached hydrogen (secondary N) is 1. The van der Waals surface area contributed by atoms with Gasteiger partial charge >= 0.3 is 5.97 Å². The molecule has 1 atom stereocenters. The van der Waals surface area contributed by atoms with Crippen molar-refractivity contribution >= 4 is 23.5 Å². The minimum atomic E-state index is -0.946. The number of hydrogen-bond acceptors (Lipinski definition) is 5. The lowest BCUT2D eigenvalue weighted by molar-refractivity contribution is -0.150. The zero-order valence-electron chi connectivity index (χ0n) is 17.3. The summed E-state index contributed by atoms with van der Waals surface area (Å²) in [6.07, 6.45) is 4.67. The fourth-order valence-corrected chi connectivity index (χ4v) is 4.39. The molecule has 3 N–H and O–H groups in total. The van der Waals surface area contributed by atoms with E-state index in [1.54, 1.807) is 12.1 Å². The molecule has 0 bridgehead atoms. The quantitative estimate of drug-likeness (QED) is 0.737. The highest BCUT2D eigenvalue weighted by atomic mass is 16.5. The van der Waals surface area contributed by atoms with E-state index < -0.39 is 5.54 Å². The van der Waals surface area contributed by atoms with Crippen LogP contribution in [0.4, 0.5) is 5.69 Å². The summed E-state index contributed by atoms with van der Waals surface area (Å²) < 4.78 is 4.99. The van der Waals surface area contributed by atoms with E-state index in [-0.39, 0.29) is 23.7 Å². The highest BCUT2D eigenvalue weighted by molar-refractivity contribution is 5.98. The van der Waals surface area contributed by atoms with Crippen molar-refractivity contribution in [2.75, 3.05) is 25.1 Å². The van der Waals surface area contributed by atoms with Gasteiger partial charge in [0.05, 0.1) is 13.0 Å². The normalized spacial score (nSPS) is 27.2. The number of piperidine rings is 1. The molecule has 1 saturated carbocycles. The van der Waals surface area contributed by atoms with Crippen molar-refractivity contribution in [1.29, 1.82) is 0 Å². The van der Waals surface area contributed by atoms with Gasteiger partial charge in [-0.25, -0.2) is 4.79 Å². The number of carbonyl (C=O) groups is 3. The first-order valence-electron chi connectivity index (χ1n) is 10.4. The van der Waals surface area contributed by atoms with Gasteiger partial charge in [0.1, 0.15) is 5.54 Å². The van der Waals surface area contributed by atoms with Crippen LogP contribution in [-0.2, 0) is 14.3 Å². The topological polar surface area (TPSA) is 102 Å². The third-order valence-electron chi connectivity index (χ3n) is 6.38. The second kappa shape index (κ2) is 8.84. The maximum Gasteiger partial charge on any atom is 0.331 e. The van der Waals surface area contributed by atoms with Crippen LogP contribution in [0.2, 0.25) is 0 Å². The Hall–Kier alpha value is -2.57. The molecular formula is C22H31N3O4. The Balaban J connectivity index is 1.69. The molecule has 1 saturated heterocycles. The lowest BCUT2D eigenvalue weighted by Gasteiger charge is -2.37. The van der Waals surface area contributed by atoms with Crippen LogP contribution in [0.15, 0.2) is 24.3 Å². The second-order valence-electron chi connectivity index (χ2n) is 8.44. The van der Waals surface area contributed by atoms with Crippen molar-refractivity contribution in [3.8, 4) is 0 Å². The average Bonchev–Trinajstić information content (AvgIpc) is 2.75. The maximum atomic E-state index is 12.9. The first kappa shape index (κ1) is 21.1. The van der Waals surface area contributed by atoms with Crippen LogP contribution in [0.1, 0.15) is 55.8 Å². The predicted octanol–water partition coefficient (Wildman–Crippen LogP) is 2.24. The molecule has 3 rings (SSSR count). The zero-order chi connectivity index (χ0) is 21.0. The number of methoxy groups -OCH3 is 1. The van der Waals surface area contributed by atoms with E-state index in [2.05, 4.69) is 17.1 Å². The Morgan fingerprint density at radius 2 is 1.79 bits per heavy atom. The summed E-state index contributed by atoms with van der Waals surface area (Å²) in [6, 6.07) is 7.28. The van der Waals surface area contributed by atoms with Gasteiger partial charge in [-0.05, 0) is 68.7 Å². The molecular weight excluding hydrogens is 370 g/mol. The molecule has 7 heteroatoms. The van der Waals surface area contributed by atoms with Gasteiger partial charge in [0, 0.05) is 24.3 Å². The monoisotopic (exact) mass is 401 g/mol. The number of anilines is 1. The van der Waals surface area contributed by atoms with Crippen molar-refractivity contribution in [2.24, 2.45) is 17.6 Å². The molecule has 1 aromatic rings. The molecule has 1 heterocycles. The van der Waals surface area contributed by atoms with Crippen LogP contribution < -0.4 is 16.0 Å². The molecule has 7 nitrogen and oxygen atoms in total. The van der Waals surface area contributed by atoms with Gasteiger partial charge in [0.2, 0.25) is 5.91 Å². The van der Waals surface area contributed by atoms with Crippen LogP contribution in [0.5, 0.6) is 0 Å². The van der Waals surface area contributed by atoms with Gasteiger partial charge in [0.25, 0.3) is 5.91 Å². The Kier molecular flexibility index (Phi) is 6.45. The molecule has 2 amide bonds. The van der Waals surface area contributed by atoms with Gasteiger partial charge in [-0.1, -0.05) is 6.92 Å². The van der Waals surface area contributed by atoms with Crippen LogP contribution in [0.3, 0.4) is 0 Å². The molecule has 29 heavy (non-hydrogen) atoms. The number of esters is 1. The Labute approximate surface area is 172 Å². The number of ether oxygens (including phenoxy) is 1. The SMILES string of the molecule is COC(=O)C1(NC(=O)c2ccc(N3CCC[C@H](C(N)=O)C3)cc2)CCC(C)CC1. The van der Waals surface area contributed by atoms with Gasteiger partial charge in [-0.3, -0.25) is 9.59 Å². The van der Waals surface area contributed by atoms with Crippen LogP contribution in [0, 0.1) is 11.8 Å². The molecule has 1 aliphatic carbocycles. The number of primary amides is 1. The maximum absolute atomic E-state index is 12.9. The third kappa shape index (κ3) is 4.71. The van der Waals surface area contributed by atoms with E-state index in [1.807, 2.05) is 12.1 Å². The largest absolute Gasteiger partial charge is 0.467 e. The number of rotatable bonds is 5. The Bertz CT molecular complexity index is 754. The highest BCUT2D eigenvalue weighted by Crippen LogP contribution is 2.33. The molecule has 1 aliphatic heterocycles. The summed E-state index contributed by atoms with van der Waals surface area (Å²) in [5.41, 5.74) is 5.97. The number of benzene rings is 1. The summed E-state index contributed by atoms with van der Waals surface area (Å²) in [6.45, 7) is 3.62. The molecule has 0 unspecified atom stereocenters. The fraction of sp³-hybridized carbons (Fsp3) is 0.591. The summed E-state index contributed by atoms with van der Waals surface area (Å²) >= 11 is 0. The summed E-state index contributed by atoms with van der Waals surface area (Å²) in [5, 5.41) is 2.95. The van der Waals surface area contributed by atoms with Crippen molar-refractivity contribution in [3.63, 3.8) is 0 Å². The van der Waals surface area contributed by atoms with E-state index >= 15 is 0 Å².